The Balaban J connectivity index is 1.64. The number of hydrogen-bond donors (Lipinski definition) is 0. The Bertz CT molecular complexity index is 771. The maximum Gasteiger partial charge on any atom is 0.312 e. The van der Waals surface area contributed by atoms with Crippen LogP contribution in [0.15, 0.2) is 36.4 Å². The summed E-state index contributed by atoms with van der Waals surface area (Å²) >= 11 is 0. The quantitative estimate of drug-likeness (QED) is 0.602. The summed E-state index contributed by atoms with van der Waals surface area (Å²) in [6.45, 7) is 6.88. The second-order valence-corrected chi connectivity index (χ2v) is 7.83. The largest absolute Gasteiger partial charge is 0.465 e. The lowest BCUT2D eigenvalue weighted by Crippen LogP contribution is -2.40. The van der Waals surface area contributed by atoms with E-state index in [2.05, 4.69) is 6.92 Å². The molecule has 4 atom stereocenters. The fourth-order valence-electron chi connectivity index (χ4n) is 4.39. The molecule has 0 unspecified atom stereocenters. The van der Waals surface area contributed by atoms with Crippen molar-refractivity contribution in [3.05, 3.63) is 42.0 Å². The predicted molar refractivity (Wildman–Crippen MR) is 97.7 cm³/mol. The average Bonchev–Trinajstić information content (AvgIpc) is 3.28. The summed E-state index contributed by atoms with van der Waals surface area (Å²) in [7, 11) is 0. The van der Waals surface area contributed by atoms with Gasteiger partial charge in [-0.05, 0) is 24.0 Å². The predicted octanol–water partition coefficient (Wildman–Crippen LogP) is 2.73. The van der Waals surface area contributed by atoms with E-state index in [4.69, 9.17) is 9.47 Å². The number of ether oxygens (including phenoxy) is 2. The summed E-state index contributed by atoms with van der Waals surface area (Å²) in [5, 5.41) is 0. The molecule has 0 aliphatic carbocycles. The third-order valence-corrected chi connectivity index (χ3v) is 5.59. The number of amides is 1. The molecule has 2 saturated heterocycles. The summed E-state index contributed by atoms with van der Waals surface area (Å²) in [6.07, 6.45) is 4.38. The van der Waals surface area contributed by atoms with Crippen molar-refractivity contribution in [2.75, 3.05) is 18.1 Å². The second-order valence-electron chi connectivity index (χ2n) is 7.83. The zero-order valence-corrected chi connectivity index (χ0v) is 15.5. The monoisotopic (exact) mass is 355 g/mol. The average molecular weight is 355 g/mol. The van der Waals surface area contributed by atoms with Crippen molar-refractivity contribution < 1.29 is 19.1 Å². The van der Waals surface area contributed by atoms with Gasteiger partial charge < -0.3 is 14.4 Å². The van der Waals surface area contributed by atoms with Crippen LogP contribution >= 0.6 is 0 Å². The van der Waals surface area contributed by atoms with Crippen LogP contribution in [-0.2, 0) is 25.5 Å². The van der Waals surface area contributed by atoms with Gasteiger partial charge in [-0.15, -0.1) is 0 Å². The van der Waals surface area contributed by atoms with Crippen molar-refractivity contribution in [1.29, 1.82) is 0 Å². The number of rotatable bonds is 5. The van der Waals surface area contributed by atoms with E-state index < -0.39 is 17.4 Å². The van der Waals surface area contributed by atoms with Crippen molar-refractivity contribution in [2.45, 2.75) is 38.9 Å². The number of carbonyl (C=O) groups is 2. The summed E-state index contributed by atoms with van der Waals surface area (Å²) in [5.41, 5.74) is 1.33. The Morgan fingerprint density at radius 2 is 2.15 bits per heavy atom. The van der Waals surface area contributed by atoms with E-state index in [9.17, 15) is 9.59 Å². The molecule has 1 aromatic rings. The van der Waals surface area contributed by atoms with Gasteiger partial charge in [0.25, 0.3) is 0 Å². The van der Waals surface area contributed by atoms with Gasteiger partial charge in [0.05, 0.1) is 25.2 Å². The zero-order valence-electron chi connectivity index (χ0n) is 15.5. The molecule has 1 aromatic carbocycles. The highest BCUT2D eigenvalue weighted by atomic mass is 16.6. The number of anilines is 1. The molecule has 3 aliphatic heterocycles. The number of hydrogen-bond acceptors (Lipinski definition) is 4. The molecule has 3 heterocycles. The van der Waals surface area contributed by atoms with Crippen molar-refractivity contribution in [1.82, 2.24) is 0 Å². The molecule has 1 amide bonds. The minimum Gasteiger partial charge on any atom is -0.465 e. The van der Waals surface area contributed by atoms with Crippen LogP contribution < -0.4 is 4.90 Å². The highest BCUT2D eigenvalue weighted by Gasteiger charge is 2.67. The maximum absolute atomic E-state index is 13.3. The molecule has 0 saturated carbocycles. The third kappa shape index (κ3) is 2.49. The second kappa shape index (κ2) is 6.23. The molecule has 0 radical (unpaired) electrons. The molecule has 0 aromatic heterocycles. The summed E-state index contributed by atoms with van der Waals surface area (Å²) in [4.78, 5) is 27.8. The van der Waals surface area contributed by atoms with Crippen LogP contribution in [0.5, 0.6) is 0 Å². The standard InChI is InChI=1S/C21H25NO4/c1-4-14-7-5-6-8-15(14)22-12-21-10-9-16(26-21)17(18(21)19(22)23)20(24)25-11-13(2)3/h5-10,13,16-18H,4,11-12H2,1-3H3/t16-,17-,18+,21-/m1/s1. The Kier molecular flexibility index (Phi) is 4.14. The smallest absolute Gasteiger partial charge is 0.312 e. The van der Waals surface area contributed by atoms with Crippen LogP contribution in [0.1, 0.15) is 26.3 Å². The first-order valence-electron chi connectivity index (χ1n) is 9.40. The molecule has 2 fully saturated rings. The van der Waals surface area contributed by atoms with Gasteiger partial charge >= 0.3 is 5.97 Å². The number of fused-ring (bicyclic) bond motifs is 1. The van der Waals surface area contributed by atoms with Crippen LogP contribution in [-0.4, -0.2) is 36.7 Å². The van der Waals surface area contributed by atoms with Gasteiger partial charge in [-0.3, -0.25) is 9.59 Å². The molecule has 2 bridgehead atoms. The lowest BCUT2D eigenvalue weighted by atomic mass is 9.77. The number of para-hydroxylation sites is 1. The molecule has 26 heavy (non-hydrogen) atoms. The van der Waals surface area contributed by atoms with E-state index in [-0.39, 0.29) is 23.9 Å². The van der Waals surface area contributed by atoms with Crippen LogP contribution in [0.25, 0.3) is 0 Å². The van der Waals surface area contributed by atoms with Crippen molar-refractivity contribution >= 4 is 17.6 Å². The molecule has 5 heteroatoms. The van der Waals surface area contributed by atoms with Gasteiger partial charge in [-0.2, -0.15) is 0 Å². The van der Waals surface area contributed by atoms with Gasteiger partial charge in [0.1, 0.15) is 11.5 Å². The summed E-state index contributed by atoms with van der Waals surface area (Å²) in [6, 6.07) is 7.93. The van der Waals surface area contributed by atoms with Gasteiger partial charge in [-0.1, -0.05) is 51.1 Å². The van der Waals surface area contributed by atoms with E-state index in [1.54, 1.807) is 4.90 Å². The Morgan fingerprint density at radius 1 is 1.38 bits per heavy atom. The highest BCUT2D eigenvalue weighted by molar-refractivity contribution is 6.03. The van der Waals surface area contributed by atoms with Crippen molar-refractivity contribution in [3.8, 4) is 0 Å². The first-order valence-corrected chi connectivity index (χ1v) is 9.40. The van der Waals surface area contributed by atoms with E-state index in [1.807, 2.05) is 50.3 Å². The van der Waals surface area contributed by atoms with Crippen LogP contribution in [0, 0.1) is 17.8 Å². The first kappa shape index (κ1) is 17.3. The number of esters is 1. The lowest BCUT2D eigenvalue weighted by molar-refractivity contribution is -0.153. The number of carbonyl (C=O) groups excluding carboxylic acids is 2. The van der Waals surface area contributed by atoms with Crippen LogP contribution in [0.4, 0.5) is 5.69 Å². The van der Waals surface area contributed by atoms with E-state index in [1.165, 1.54) is 0 Å². The molecule has 5 nitrogen and oxygen atoms in total. The number of benzene rings is 1. The fraction of sp³-hybridized carbons (Fsp3) is 0.524. The molecule has 138 valence electrons. The van der Waals surface area contributed by atoms with Gasteiger partial charge in [-0.25, -0.2) is 0 Å². The lowest BCUT2D eigenvalue weighted by Gasteiger charge is -2.23. The SMILES string of the molecule is CCc1ccccc1N1C[C@@]23C=C[C@@H](O2)[C@@H](C(=O)OCC(C)C)[C@H]3C1=O. The highest BCUT2D eigenvalue weighted by Crippen LogP contribution is 2.53. The maximum atomic E-state index is 13.3. The van der Waals surface area contributed by atoms with Crippen LogP contribution in [0.2, 0.25) is 0 Å². The van der Waals surface area contributed by atoms with Crippen molar-refractivity contribution in [3.63, 3.8) is 0 Å². The molecule has 3 aliphatic rings. The minimum atomic E-state index is -0.704. The fourth-order valence-corrected chi connectivity index (χ4v) is 4.39. The Hall–Kier alpha value is -2.14. The van der Waals surface area contributed by atoms with E-state index in [0.717, 1.165) is 17.7 Å². The summed E-state index contributed by atoms with van der Waals surface area (Å²) in [5.74, 6) is -1.15. The molecular weight excluding hydrogens is 330 g/mol. The normalized spacial score (nSPS) is 31.8. The van der Waals surface area contributed by atoms with Crippen LogP contribution in [0.3, 0.4) is 0 Å². The number of aryl methyl sites for hydroxylation is 1. The first-order chi connectivity index (χ1) is 12.5. The van der Waals surface area contributed by atoms with E-state index in [0.29, 0.717) is 13.2 Å². The Labute approximate surface area is 154 Å². The van der Waals surface area contributed by atoms with Crippen molar-refractivity contribution in [2.24, 2.45) is 17.8 Å². The minimum absolute atomic E-state index is 0.0377. The van der Waals surface area contributed by atoms with Gasteiger partial charge in [0, 0.05) is 5.69 Å². The third-order valence-electron chi connectivity index (χ3n) is 5.59. The molecular formula is C21H25NO4. The molecule has 0 N–H and O–H groups in total. The molecule has 4 rings (SSSR count). The topological polar surface area (TPSA) is 55.8 Å². The van der Waals surface area contributed by atoms with Gasteiger partial charge in [0.2, 0.25) is 5.91 Å². The van der Waals surface area contributed by atoms with Gasteiger partial charge in [0.15, 0.2) is 0 Å². The Morgan fingerprint density at radius 3 is 2.88 bits per heavy atom. The van der Waals surface area contributed by atoms with E-state index >= 15 is 0 Å². The number of nitrogens with zero attached hydrogens (tertiary/aromatic N) is 1. The zero-order chi connectivity index (χ0) is 18.5. The summed E-state index contributed by atoms with van der Waals surface area (Å²) < 4.78 is 11.6. The molecule has 1 spiro atoms.